The van der Waals surface area contributed by atoms with Gasteiger partial charge in [-0.25, -0.2) is 0 Å². The van der Waals surface area contributed by atoms with Crippen LogP contribution in [-0.4, -0.2) is 41.3 Å². The van der Waals surface area contributed by atoms with Gasteiger partial charge in [0, 0.05) is 6.20 Å². The number of benzene rings is 2. The summed E-state index contributed by atoms with van der Waals surface area (Å²) >= 11 is 9.13. The van der Waals surface area contributed by atoms with Gasteiger partial charge in [-0.05, 0) is 82.4 Å². The molecule has 0 aliphatic carbocycles. The second-order valence-corrected chi connectivity index (χ2v) is 9.82. The molecule has 1 fully saturated rings. The van der Waals surface area contributed by atoms with Crippen LogP contribution in [0.2, 0.25) is 5.02 Å². The molecular formula is C25H20ClIN2O5S. The topological polar surface area (TPSA) is 78.0 Å². The van der Waals surface area contributed by atoms with Crippen molar-refractivity contribution in [2.24, 2.45) is 0 Å². The van der Waals surface area contributed by atoms with Gasteiger partial charge < -0.3 is 14.2 Å². The Hall–Kier alpha value is -2.76. The van der Waals surface area contributed by atoms with Crippen molar-refractivity contribution < 1.29 is 23.8 Å². The van der Waals surface area contributed by atoms with Gasteiger partial charge in [0.2, 0.25) is 0 Å². The highest BCUT2D eigenvalue weighted by molar-refractivity contribution is 14.1. The Kier molecular flexibility index (Phi) is 8.53. The number of carbonyl (C=O) groups is 2. The van der Waals surface area contributed by atoms with Crippen LogP contribution in [0, 0.1) is 3.57 Å². The molecule has 35 heavy (non-hydrogen) atoms. The molecule has 7 nitrogen and oxygen atoms in total. The fraction of sp³-hybridized carbons (Fsp3) is 0.160. The van der Waals surface area contributed by atoms with E-state index in [-0.39, 0.29) is 24.3 Å². The quantitative estimate of drug-likeness (QED) is 0.213. The number of rotatable bonds is 9. The zero-order valence-electron chi connectivity index (χ0n) is 18.6. The van der Waals surface area contributed by atoms with Crippen molar-refractivity contribution in [2.75, 3.05) is 20.3 Å². The summed E-state index contributed by atoms with van der Waals surface area (Å²) in [4.78, 5) is 31.1. The summed E-state index contributed by atoms with van der Waals surface area (Å²) in [6.45, 7) is 0.555. The fourth-order valence-electron chi connectivity index (χ4n) is 3.25. The highest BCUT2D eigenvalue weighted by atomic mass is 127. The van der Waals surface area contributed by atoms with E-state index in [1.807, 2.05) is 24.3 Å². The van der Waals surface area contributed by atoms with Gasteiger partial charge in [-0.15, -0.1) is 0 Å². The molecule has 180 valence electrons. The summed E-state index contributed by atoms with van der Waals surface area (Å²) in [6, 6.07) is 16.3. The molecule has 2 heterocycles. The molecule has 3 aromatic rings. The number of carbonyl (C=O) groups excluding carboxylic acids is 2. The monoisotopic (exact) mass is 622 g/mol. The van der Waals surface area contributed by atoms with Crippen molar-refractivity contribution in [3.8, 4) is 17.2 Å². The SMILES string of the molecule is COc1cc(/C=C2\SC(=O)N(CCOc3ccccc3Cl)C2=O)cc(I)c1OCc1ccccn1. The third-order valence-corrected chi connectivity index (χ3v) is 6.94. The normalized spacial score (nSPS) is 14.5. The molecule has 1 aliphatic heterocycles. The predicted octanol–water partition coefficient (Wildman–Crippen LogP) is 6.04. The van der Waals surface area contributed by atoms with E-state index in [9.17, 15) is 9.59 Å². The Morgan fingerprint density at radius 1 is 1.09 bits per heavy atom. The minimum absolute atomic E-state index is 0.119. The van der Waals surface area contributed by atoms with Crippen molar-refractivity contribution in [1.29, 1.82) is 0 Å². The van der Waals surface area contributed by atoms with Gasteiger partial charge in [-0.3, -0.25) is 19.5 Å². The molecule has 1 aliphatic rings. The number of aromatic nitrogens is 1. The van der Waals surface area contributed by atoms with Crippen molar-refractivity contribution >= 4 is 63.2 Å². The summed E-state index contributed by atoms with van der Waals surface area (Å²) in [5, 5.41) is 0.124. The summed E-state index contributed by atoms with van der Waals surface area (Å²) < 4.78 is 17.9. The first kappa shape index (κ1) is 25.3. The lowest BCUT2D eigenvalue weighted by Crippen LogP contribution is -2.32. The van der Waals surface area contributed by atoms with Crippen molar-refractivity contribution in [3.63, 3.8) is 0 Å². The minimum Gasteiger partial charge on any atom is -0.493 e. The second kappa shape index (κ2) is 11.8. The maximum absolute atomic E-state index is 12.9. The number of amides is 2. The van der Waals surface area contributed by atoms with E-state index >= 15 is 0 Å². The average molecular weight is 623 g/mol. The standard InChI is InChI=1S/C25H20ClIN2O5S/c1-32-21-13-16(12-19(27)23(21)34-15-17-6-4-5-9-28-17)14-22-24(30)29(25(31)35-22)10-11-33-20-8-3-2-7-18(20)26/h2-9,12-14H,10-11,15H2,1H3/b22-14-. The Balaban J connectivity index is 1.44. The van der Waals surface area contributed by atoms with Crippen LogP contribution in [0.15, 0.2) is 65.7 Å². The van der Waals surface area contributed by atoms with Crippen molar-refractivity contribution in [1.82, 2.24) is 9.88 Å². The maximum atomic E-state index is 12.9. The van der Waals surface area contributed by atoms with Crippen LogP contribution in [0.4, 0.5) is 4.79 Å². The summed E-state index contributed by atoms with van der Waals surface area (Å²) in [7, 11) is 1.55. The zero-order chi connectivity index (χ0) is 24.8. The molecule has 2 aromatic carbocycles. The number of halogens is 2. The van der Waals surface area contributed by atoms with E-state index in [0.717, 1.165) is 21.0 Å². The first-order valence-corrected chi connectivity index (χ1v) is 12.8. The minimum atomic E-state index is -0.368. The number of thioether (sulfide) groups is 1. The van der Waals surface area contributed by atoms with E-state index in [4.69, 9.17) is 25.8 Å². The highest BCUT2D eigenvalue weighted by Gasteiger charge is 2.35. The van der Waals surface area contributed by atoms with Crippen LogP contribution in [0.25, 0.3) is 6.08 Å². The number of para-hydroxylation sites is 1. The van der Waals surface area contributed by atoms with Gasteiger partial charge in [-0.1, -0.05) is 29.8 Å². The highest BCUT2D eigenvalue weighted by Crippen LogP contribution is 2.37. The molecule has 4 rings (SSSR count). The van der Waals surface area contributed by atoms with E-state index in [1.165, 1.54) is 4.90 Å². The molecule has 0 spiro atoms. The molecule has 1 saturated heterocycles. The fourth-order valence-corrected chi connectivity index (χ4v) is 5.08. The molecule has 2 amide bonds. The lowest BCUT2D eigenvalue weighted by molar-refractivity contribution is -0.123. The van der Waals surface area contributed by atoms with Gasteiger partial charge in [-0.2, -0.15) is 0 Å². The van der Waals surface area contributed by atoms with Crippen LogP contribution in [0.3, 0.4) is 0 Å². The number of hydrogen-bond acceptors (Lipinski definition) is 7. The Morgan fingerprint density at radius 2 is 1.89 bits per heavy atom. The van der Waals surface area contributed by atoms with Crippen LogP contribution in [0.1, 0.15) is 11.3 Å². The lowest BCUT2D eigenvalue weighted by atomic mass is 10.2. The Bertz CT molecular complexity index is 1270. The Labute approximate surface area is 225 Å². The van der Waals surface area contributed by atoms with Crippen LogP contribution < -0.4 is 14.2 Å². The summed E-state index contributed by atoms with van der Waals surface area (Å²) in [5.74, 6) is 1.24. The van der Waals surface area contributed by atoms with E-state index in [1.54, 1.807) is 49.7 Å². The van der Waals surface area contributed by atoms with Gasteiger partial charge in [0.15, 0.2) is 11.5 Å². The Morgan fingerprint density at radius 3 is 2.63 bits per heavy atom. The van der Waals surface area contributed by atoms with Gasteiger partial charge in [0.1, 0.15) is 19.0 Å². The smallest absolute Gasteiger partial charge is 0.293 e. The van der Waals surface area contributed by atoms with Crippen LogP contribution in [-0.2, 0) is 11.4 Å². The molecule has 10 heteroatoms. The first-order chi connectivity index (χ1) is 17.0. The third-order valence-electron chi connectivity index (χ3n) is 4.92. The lowest BCUT2D eigenvalue weighted by Gasteiger charge is -2.14. The first-order valence-electron chi connectivity index (χ1n) is 10.5. The summed E-state index contributed by atoms with van der Waals surface area (Å²) in [5.41, 5.74) is 1.51. The van der Waals surface area contributed by atoms with Gasteiger partial charge in [0.05, 0.1) is 32.8 Å². The molecule has 1 aromatic heterocycles. The molecule has 0 bridgehead atoms. The molecule has 0 N–H and O–H groups in total. The maximum Gasteiger partial charge on any atom is 0.293 e. The average Bonchev–Trinajstić information content (AvgIpc) is 3.12. The number of hydrogen-bond donors (Lipinski definition) is 0. The molecule has 0 atom stereocenters. The number of ether oxygens (including phenoxy) is 3. The van der Waals surface area contributed by atoms with E-state index in [0.29, 0.717) is 39.3 Å². The third kappa shape index (κ3) is 6.28. The van der Waals surface area contributed by atoms with Gasteiger partial charge in [0.25, 0.3) is 11.1 Å². The molecular weight excluding hydrogens is 603 g/mol. The van der Waals surface area contributed by atoms with Crippen LogP contribution >= 0.6 is 46.0 Å². The van der Waals surface area contributed by atoms with E-state index < -0.39 is 0 Å². The number of methoxy groups -OCH3 is 1. The number of nitrogens with zero attached hydrogens (tertiary/aromatic N) is 2. The van der Waals surface area contributed by atoms with Crippen LogP contribution in [0.5, 0.6) is 17.2 Å². The van der Waals surface area contributed by atoms with E-state index in [2.05, 4.69) is 27.6 Å². The van der Waals surface area contributed by atoms with Crippen molar-refractivity contribution in [3.05, 3.63) is 85.5 Å². The largest absolute Gasteiger partial charge is 0.493 e. The molecule has 0 radical (unpaired) electrons. The molecule has 0 unspecified atom stereocenters. The zero-order valence-corrected chi connectivity index (χ0v) is 22.3. The second-order valence-electron chi connectivity index (χ2n) is 7.26. The van der Waals surface area contributed by atoms with Gasteiger partial charge >= 0.3 is 0 Å². The molecule has 0 saturated carbocycles. The predicted molar refractivity (Wildman–Crippen MR) is 144 cm³/mol. The number of pyridine rings is 1. The number of imide groups is 1. The summed E-state index contributed by atoms with van der Waals surface area (Å²) in [6.07, 6.45) is 3.38. The van der Waals surface area contributed by atoms with Crippen molar-refractivity contribution in [2.45, 2.75) is 6.61 Å².